The molecule has 1 aliphatic heterocycles. The zero-order chi connectivity index (χ0) is 25.3. The van der Waals surface area contributed by atoms with E-state index in [-0.39, 0.29) is 18.4 Å². The molecule has 0 radical (unpaired) electrons. The number of anilines is 1. The number of halogens is 1. The molecule has 3 aromatic carbocycles. The van der Waals surface area contributed by atoms with E-state index in [4.69, 9.17) is 9.47 Å². The Bertz CT molecular complexity index is 1280. The van der Waals surface area contributed by atoms with Crippen molar-refractivity contribution in [1.29, 1.82) is 0 Å². The van der Waals surface area contributed by atoms with Crippen LogP contribution in [-0.4, -0.2) is 43.7 Å². The number of rotatable bonds is 6. The van der Waals surface area contributed by atoms with Crippen LogP contribution in [0.1, 0.15) is 26.3 Å². The predicted octanol–water partition coefficient (Wildman–Crippen LogP) is 4.41. The first-order chi connectivity index (χ1) is 16.7. The molecular formula is C27H30BrN3O4. The molecule has 2 N–H and O–H groups in total. The van der Waals surface area contributed by atoms with Gasteiger partial charge in [-0.25, -0.2) is 0 Å². The molecule has 2 atom stereocenters. The normalized spacial score (nSPS) is 17.8. The van der Waals surface area contributed by atoms with Crippen LogP contribution in [0.25, 0.3) is 10.8 Å². The fourth-order valence-corrected chi connectivity index (χ4v) is 4.71. The van der Waals surface area contributed by atoms with Crippen molar-refractivity contribution in [3.05, 3.63) is 64.6 Å². The summed E-state index contributed by atoms with van der Waals surface area (Å²) >= 11 is 3.54. The van der Waals surface area contributed by atoms with Crippen molar-refractivity contribution >= 4 is 44.2 Å². The van der Waals surface area contributed by atoms with Crippen molar-refractivity contribution in [3.63, 3.8) is 0 Å². The van der Waals surface area contributed by atoms with Gasteiger partial charge in [-0.2, -0.15) is 0 Å². The Hall–Kier alpha value is -3.10. The number of nitrogens with zero attached hydrogens (tertiary/aromatic N) is 1. The molecule has 3 aromatic rings. The van der Waals surface area contributed by atoms with Gasteiger partial charge in [0, 0.05) is 10.0 Å². The van der Waals surface area contributed by atoms with Gasteiger partial charge < -0.3 is 25.0 Å². The molecule has 184 valence electrons. The van der Waals surface area contributed by atoms with Crippen LogP contribution in [0.15, 0.2) is 59.1 Å². The molecule has 0 bridgehead atoms. The van der Waals surface area contributed by atoms with E-state index in [0.717, 1.165) is 20.8 Å². The first-order valence-electron chi connectivity index (χ1n) is 11.5. The van der Waals surface area contributed by atoms with E-state index in [1.807, 2.05) is 68.4 Å². The fraction of sp³-hybridized carbons (Fsp3) is 0.333. The molecule has 1 unspecified atom stereocenters. The lowest BCUT2D eigenvalue weighted by Gasteiger charge is -2.33. The van der Waals surface area contributed by atoms with Crippen molar-refractivity contribution < 1.29 is 19.1 Å². The Morgan fingerprint density at radius 2 is 1.94 bits per heavy atom. The molecule has 0 aliphatic carbocycles. The highest BCUT2D eigenvalue weighted by atomic mass is 79.9. The Balaban J connectivity index is 1.84. The number of para-hydroxylation sites is 2. The van der Waals surface area contributed by atoms with Gasteiger partial charge in [-0.3, -0.25) is 9.59 Å². The van der Waals surface area contributed by atoms with Crippen LogP contribution < -0.4 is 25.0 Å². The Morgan fingerprint density at radius 3 is 2.66 bits per heavy atom. The summed E-state index contributed by atoms with van der Waals surface area (Å²) in [4.78, 5) is 28.6. The summed E-state index contributed by atoms with van der Waals surface area (Å²) in [6.07, 6.45) is 0. The van der Waals surface area contributed by atoms with Gasteiger partial charge in [-0.05, 0) is 68.9 Å². The van der Waals surface area contributed by atoms with Crippen molar-refractivity contribution in [2.45, 2.75) is 45.0 Å². The van der Waals surface area contributed by atoms with E-state index in [1.54, 1.807) is 26.0 Å². The van der Waals surface area contributed by atoms with Gasteiger partial charge in [0.05, 0.1) is 25.4 Å². The second kappa shape index (κ2) is 9.87. The summed E-state index contributed by atoms with van der Waals surface area (Å²) in [5.74, 6) is 0.721. The summed E-state index contributed by atoms with van der Waals surface area (Å²) in [5, 5.41) is 7.84. The van der Waals surface area contributed by atoms with E-state index in [0.29, 0.717) is 17.2 Å². The van der Waals surface area contributed by atoms with Crippen LogP contribution in [0.5, 0.6) is 11.5 Å². The molecule has 1 aliphatic rings. The lowest BCUT2D eigenvalue weighted by atomic mass is 9.96. The third kappa shape index (κ3) is 4.86. The highest BCUT2D eigenvalue weighted by molar-refractivity contribution is 9.10. The maximum absolute atomic E-state index is 14.1. The maximum Gasteiger partial charge on any atom is 0.254 e. The zero-order valence-corrected chi connectivity index (χ0v) is 22.1. The molecule has 7 nitrogen and oxygen atoms in total. The molecule has 2 amide bonds. The van der Waals surface area contributed by atoms with Gasteiger partial charge in [0.2, 0.25) is 5.91 Å². The quantitative estimate of drug-likeness (QED) is 0.485. The van der Waals surface area contributed by atoms with Crippen LogP contribution in [0, 0.1) is 0 Å². The molecule has 8 heteroatoms. The minimum atomic E-state index is -0.987. The lowest BCUT2D eigenvalue weighted by Crippen LogP contribution is -2.61. The van der Waals surface area contributed by atoms with Crippen LogP contribution in [0.2, 0.25) is 0 Å². The van der Waals surface area contributed by atoms with E-state index in [1.165, 1.54) is 0 Å². The van der Waals surface area contributed by atoms with Crippen molar-refractivity contribution in [3.8, 4) is 11.5 Å². The van der Waals surface area contributed by atoms with Gasteiger partial charge in [0.15, 0.2) is 0 Å². The van der Waals surface area contributed by atoms with Gasteiger partial charge in [0.1, 0.15) is 23.1 Å². The molecule has 0 fully saturated rings. The molecule has 35 heavy (non-hydrogen) atoms. The first kappa shape index (κ1) is 25.0. The smallest absolute Gasteiger partial charge is 0.254 e. The molecule has 1 heterocycles. The predicted molar refractivity (Wildman–Crippen MR) is 141 cm³/mol. The highest BCUT2D eigenvalue weighted by Gasteiger charge is 2.45. The fourth-order valence-electron chi connectivity index (χ4n) is 4.34. The number of hydrogen-bond donors (Lipinski definition) is 2. The van der Waals surface area contributed by atoms with E-state index in [9.17, 15) is 9.59 Å². The SMILES string of the molecule is CN[C@@H](C)C(=O)NC1C(=O)N(Cc2c(OC)ccc3cc(Br)ccc23)c2ccccc2OC1(C)C. The number of nitrogens with one attached hydrogen (secondary N) is 2. The summed E-state index contributed by atoms with van der Waals surface area (Å²) in [6, 6.07) is 16.0. The number of fused-ring (bicyclic) bond motifs is 2. The minimum Gasteiger partial charge on any atom is -0.496 e. The van der Waals surface area contributed by atoms with Gasteiger partial charge in [-0.15, -0.1) is 0 Å². The number of ether oxygens (including phenoxy) is 2. The third-order valence-corrected chi connectivity index (χ3v) is 6.93. The number of carbonyl (C=O) groups is 2. The Kier molecular flexibility index (Phi) is 7.05. The number of hydrogen-bond acceptors (Lipinski definition) is 5. The summed E-state index contributed by atoms with van der Waals surface area (Å²) in [6.45, 7) is 5.62. The third-order valence-electron chi connectivity index (χ3n) is 6.44. The molecule has 0 aromatic heterocycles. The van der Waals surface area contributed by atoms with Crippen LogP contribution in [-0.2, 0) is 16.1 Å². The highest BCUT2D eigenvalue weighted by Crippen LogP contribution is 2.39. The Labute approximate surface area is 213 Å². The summed E-state index contributed by atoms with van der Waals surface area (Å²) in [7, 11) is 3.32. The second-order valence-corrected chi connectivity index (χ2v) is 10.1. The first-order valence-corrected chi connectivity index (χ1v) is 12.3. The Morgan fingerprint density at radius 1 is 1.20 bits per heavy atom. The van der Waals surface area contributed by atoms with Crippen molar-refractivity contribution in [2.24, 2.45) is 0 Å². The lowest BCUT2D eigenvalue weighted by molar-refractivity contribution is -0.132. The van der Waals surface area contributed by atoms with E-state index in [2.05, 4.69) is 26.6 Å². The monoisotopic (exact) mass is 539 g/mol. The zero-order valence-electron chi connectivity index (χ0n) is 20.5. The standard InChI is InChI=1S/C27H30BrN3O4/c1-16(29-4)25(32)30-24-26(33)31(21-8-6-7-9-23(21)35-27(24,2)3)15-20-19-12-11-18(28)14-17(19)10-13-22(20)34-5/h6-14,16,24,29H,15H2,1-5H3,(H,30,32)/t16-,24?/m0/s1. The average molecular weight is 540 g/mol. The van der Waals surface area contributed by atoms with Crippen LogP contribution in [0.3, 0.4) is 0 Å². The molecule has 0 spiro atoms. The average Bonchev–Trinajstić information content (AvgIpc) is 2.91. The summed E-state index contributed by atoms with van der Waals surface area (Å²) < 4.78 is 13.0. The van der Waals surface area contributed by atoms with Gasteiger partial charge in [0.25, 0.3) is 5.91 Å². The number of methoxy groups -OCH3 is 1. The van der Waals surface area contributed by atoms with E-state index < -0.39 is 17.7 Å². The maximum atomic E-state index is 14.1. The molecule has 0 saturated heterocycles. The molecule has 4 rings (SSSR count). The topological polar surface area (TPSA) is 79.9 Å². The number of benzene rings is 3. The molecular weight excluding hydrogens is 510 g/mol. The van der Waals surface area contributed by atoms with Gasteiger partial charge >= 0.3 is 0 Å². The number of likely N-dealkylation sites (N-methyl/N-ethyl adjacent to an activating group) is 1. The molecule has 0 saturated carbocycles. The van der Waals surface area contributed by atoms with E-state index >= 15 is 0 Å². The van der Waals surface area contributed by atoms with Crippen molar-refractivity contribution in [2.75, 3.05) is 19.1 Å². The summed E-state index contributed by atoms with van der Waals surface area (Å²) in [5.41, 5.74) is 0.521. The van der Waals surface area contributed by atoms with Gasteiger partial charge in [-0.1, -0.05) is 40.2 Å². The largest absolute Gasteiger partial charge is 0.496 e. The minimum absolute atomic E-state index is 0.241. The number of amides is 2. The van der Waals surface area contributed by atoms with Crippen LogP contribution in [0.4, 0.5) is 5.69 Å². The van der Waals surface area contributed by atoms with Crippen LogP contribution >= 0.6 is 15.9 Å². The second-order valence-electron chi connectivity index (χ2n) is 9.16. The van der Waals surface area contributed by atoms with Crippen molar-refractivity contribution in [1.82, 2.24) is 10.6 Å². The number of carbonyl (C=O) groups excluding carboxylic acids is 2.